The van der Waals surface area contributed by atoms with Gasteiger partial charge in [0.15, 0.2) is 5.16 Å². The number of ether oxygens (including phenoxy) is 1. The highest BCUT2D eigenvalue weighted by Gasteiger charge is 2.18. The lowest BCUT2D eigenvalue weighted by atomic mass is 10.1. The molecular formula is C16H19N3O2S. The highest BCUT2D eigenvalue weighted by molar-refractivity contribution is 7.98. The van der Waals surface area contributed by atoms with Gasteiger partial charge in [0, 0.05) is 43.8 Å². The fraction of sp³-hybridized carbons (Fsp3) is 0.375. The Morgan fingerprint density at radius 3 is 2.91 bits per heavy atom. The molecule has 2 aromatic rings. The van der Waals surface area contributed by atoms with E-state index in [4.69, 9.17) is 4.74 Å². The number of nitrogens with zero attached hydrogens (tertiary/aromatic N) is 3. The smallest absolute Gasteiger partial charge is 0.254 e. The first-order valence-corrected chi connectivity index (χ1v) is 8.29. The summed E-state index contributed by atoms with van der Waals surface area (Å²) in [6, 6.07) is 7.86. The summed E-state index contributed by atoms with van der Waals surface area (Å²) in [5, 5.41) is 0.977. The molecule has 0 N–H and O–H groups in total. The van der Waals surface area contributed by atoms with Gasteiger partial charge in [-0.1, -0.05) is 23.9 Å². The number of carbonyl (C=O) groups is 1. The van der Waals surface area contributed by atoms with Gasteiger partial charge in [-0.05, 0) is 17.7 Å². The van der Waals surface area contributed by atoms with Crippen LogP contribution in [0.5, 0.6) is 0 Å². The van der Waals surface area contributed by atoms with Crippen LogP contribution in [0.2, 0.25) is 0 Å². The van der Waals surface area contributed by atoms with Crippen LogP contribution in [0.25, 0.3) is 0 Å². The van der Waals surface area contributed by atoms with Gasteiger partial charge in [0.25, 0.3) is 5.91 Å². The van der Waals surface area contributed by atoms with E-state index in [9.17, 15) is 4.79 Å². The number of hydrogen-bond donors (Lipinski definition) is 0. The van der Waals surface area contributed by atoms with Crippen LogP contribution in [-0.4, -0.2) is 46.7 Å². The maximum atomic E-state index is 12.5. The van der Waals surface area contributed by atoms with Crippen molar-refractivity contribution in [1.82, 2.24) is 14.5 Å². The van der Waals surface area contributed by atoms with Crippen LogP contribution in [-0.2, 0) is 17.5 Å². The Balaban J connectivity index is 1.66. The van der Waals surface area contributed by atoms with Gasteiger partial charge < -0.3 is 14.2 Å². The van der Waals surface area contributed by atoms with Gasteiger partial charge in [-0.2, -0.15) is 0 Å². The summed E-state index contributed by atoms with van der Waals surface area (Å²) < 4.78 is 7.29. The van der Waals surface area contributed by atoms with Crippen LogP contribution in [0, 0.1) is 0 Å². The highest BCUT2D eigenvalue weighted by Crippen LogP contribution is 2.21. The van der Waals surface area contributed by atoms with E-state index >= 15 is 0 Å². The van der Waals surface area contributed by atoms with Crippen LogP contribution < -0.4 is 0 Å². The average molecular weight is 317 g/mol. The second-order valence-electron chi connectivity index (χ2n) is 5.21. The number of carbonyl (C=O) groups excluding carboxylic acids is 1. The normalized spacial score (nSPS) is 15.0. The SMILES string of the molecule is Cn1ccnc1SCc1cccc(C(=O)N2CCOCC2)c1. The highest BCUT2D eigenvalue weighted by atomic mass is 32.2. The molecule has 0 radical (unpaired) electrons. The van der Waals surface area contributed by atoms with Crippen molar-refractivity contribution in [2.24, 2.45) is 7.05 Å². The zero-order chi connectivity index (χ0) is 15.4. The zero-order valence-corrected chi connectivity index (χ0v) is 13.4. The van der Waals surface area contributed by atoms with Crippen molar-refractivity contribution >= 4 is 17.7 Å². The standard InChI is InChI=1S/C16H19N3O2S/c1-18-6-5-17-16(18)22-12-13-3-2-4-14(11-13)15(20)19-7-9-21-10-8-19/h2-6,11H,7-10,12H2,1H3. The van der Waals surface area contributed by atoms with Gasteiger partial charge >= 0.3 is 0 Å². The molecule has 1 amide bonds. The second-order valence-corrected chi connectivity index (χ2v) is 6.16. The fourth-order valence-electron chi connectivity index (χ4n) is 2.38. The molecule has 5 nitrogen and oxygen atoms in total. The van der Waals surface area contributed by atoms with Crippen LogP contribution in [0.4, 0.5) is 0 Å². The molecule has 1 fully saturated rings. The number of benzene rings is 1. The third-order valence-electron chi connectivity index (χ3n) is 3.62. The van der Waals surface area contributed by atoms with E-state index < -0.39 is 0 Å². The maximum absolute atomic E-state index is 12.5. The molecule has 116 valence electrons. The van der Waals surface area contributed by atoms with E-state index in [-0.39, 0.29) is 5.91 Å². The number of rotatable bonds is 4. The van der Waals surface area contributed by atoms with E-state index in [0.717, 1.165) is 22.0 Å². The number of amides is 1. The first-order valence-electron chi connectivity index (χ1n) is 7.30. The molecule has 1 aromatic heterocycles. The molecule has 1 aliphatic heterocycles. The second kappa shape index (κ2) is 6.98. The maximum Gasteiger partial charge on any atom is 0.254 e. The van der Waals surface area contributed by atoms with Gasteiger partial charge in [0.05, 0.1) is 13.2 Å². The Bertz CT molecular complexity index is 650. The first-order chi connectivity index (χ1) is 10.7. The minimum absolute atomic E-state index is 0.0899. The van der Waals surface area contributed by atoms with E-state index in [1.807, 2.05) is 47.0 Å². The molecule has 3 rings (SSSR count). The van der Waals surface area contributed by atoms with Crippen molar-refractivity contribution in [1.29, 1.82) is 0 Å². The van der Waals surface area contributed by atoms with Crippen LogP contribution in [0.15, 0.2) is 41.8 Å². The topological polar surface area (TPSA) is 47.4 Å². The van der Waals surface area contributed by atoms with E-state index in [1.165, 1.54) is 0 Å². The summed E-state index contributed by atoms with van der Waals surface area (Å²) in [6.45, 7) is 2.59. The van der Waals surface area contributed by atoms with Crippen molar-refractivity contribution < 1.29 is 9.53 Å². The minimum Gasteiger partial charge on any atom is -0.378 e. The molecule has 2 heterocycles. The lowest BCUT2D eigenvalue weighted by Gasteiger charge is -2.27. The van der Waals surface area contributed by atoms with Gasteiger partial charge in [0.2, 0.25) is 0 Å². The Morgan fingerprint density at radius 2 is 2.18 bits per heavy atom. The number of thioether (sulfide) groups is 1. The summed E-state index contributed by atoms with van der Waals surface area (Å²) in [5.41, 5.74) is 1.88. The van der Waals surface area contributed by atoms with Crippen LogP contribution in [0.3, 0.4) is 0 Å². The van der Waals surface area contributed by atoms with Crippen LogP contribution >= 0.6 is 11.8 Å². The van der Waals surface area contributed by atoms with Gasteiger partial charge in [-0.3, -0.25) is 4.79 Å². The van der Waals surface area contributed by atoms with Gasteiger partial charge in [0.1, 0.15) is 0 Å². The molecule has 1 aromatic carbocycles. The molecule has 0 unspecified atom stereocenters. The molecule has 0 spiro atoms. The summed E-state index contributed by atoms with van der Waals surface area (Å²) in [6.07, 6.45) is 3.72. The fourth-order valence-corrected chi connectivity index (χ4v) is 3.26. The average Bonchev–Trinajstić information content (AvgIpc) is 2.98. The lowest BCUT2D eigenvalue weighted by molar-refractivity contribution is 0.0303. The summed E-state index contributed by atoms with van der Waals surface area (Å²) >= 11 is 1.67. The number of morpholine rings is 1. The molecule has 1 saturated heterocycles. The molecule has 0 saturated carbocycles. The quantitative estimate of drug-likeness (QED) is 0.811. The van der Waals surface area contributed by atoms with Crippen molar-refractivity contribution in [3.8, 4) is 0 Å². The van der Waals surface area contributed by atoms with E-state index in [1.54, 1.807) is 18.0 Å². The zero-order valence-electron chi connectivity index (χ0n) is 12.6. The van der Waals surface area contributed by atoms with Crippen molar-refractivity contribution in [3.63, 3.8) is 0 Å². The largest absolute Gasteiger partial charge is 0.378 e. The molecule has 0 bridgehead atoms. The van der Waals surface area contributed by atoms with Crippen molar-refractivity contribution in [2.45, 2.75) is 10.9 Å². The Hall–Kier alpha value is -1.79. The van der Waals surface area contributed by atoms with Crippen molar-refractivity contribution in [2.75, 3.05) is 26.3 Å². The number of aromatic nitrogens is 2. The summed E-state index contributed by atoms with van der Waals surface area (Å²) in [4.78, 5) is 18.6. The molecule has 1 aliphatic rings. The van der Waals surface area contributed by atoms with Crippen molar-refractivity contribution in [3.05, 3.63) is 47.8 Å². The Labute approximate surface area is 134 Å². The molecule has 0 aliphatic carbocycles. The predicted molar refractivity (Wildman–Crippen MR) is 85.9 cm³/mol. The van der Waals surface area contributed by atoms with E-state index in [2.05, 4.69) is 4.98 Å². The van der Waals surface area contributed by atoms with E-state index in [0.29, 0.717) is 26.3 Å². The molecular weight excluding hydrogens is 298 g/mol. The monoisotopic (exact) mass is 317 g/mol. The lowest BCUT2D eigenvalue weighted by Crippen LogP contribution is -2.40. The third kappa shape index (κ3) is 3.51. The predicted octanol–water partition coefficient (Wildman–Crippen LogP) is 2.18. The summed E-state index contributed by atoms with van der Waals surface area (Å²) in [5.74, 6) is 0.891. The Kier molecular flexibility index (Phi) is 4.80. The minimum atomic E-state index is 0.0899. The number of imidazole rings is 1. The molecule has 22 heavy (non-hydrogen) atoms. The first kappa shape index (κ1) is 15.1. The van der Waals surface area contributed by atoms with Crippen LogP contribution in [0.1, 0.15) is 15.9 Å². The van der Waals surface area contributed by atoms with Gasteiger partial charge in [-0.15, -0.1) is 0 Å². The molecule has 0 atom stereocenters. The Morgan fingerprint density at radius 1 is 1.36 bits per heavy atom. The third-order valence-corrected chi connectivity index (χ3v) is 4.75. The number of aryl methyl sites for hydroxylation is 1. The number of hydrogen-bond acceptors (Lipinski definition) is 4. The summed E-state index contributed by atoms with van der Waals surface area (Å²) in [7, 11) is 1.98. The van der Waals surface area contributed by atoms with Gasteiger partial charge in [-0.25, -0.2) is 4.98 Å². The molecule has 6 heteroatoms.